The zero-order chi connectivity index (χ0) is 13.0. The van der Waals surface area contributed by atoms with Crippen LogP contribution in [0.2, 0.25) is 0 Å². The fourth-order valence-electron chi connectivity index (χ4n) is 1.64. The lowest BCUT2D eigenvalue weighted by molar-refractivity contribution is 0.106. The van der Waals surface area contributed by atoms with E-state index in [-0.39, 0.29) is 0 Å². The Morgan fingerprint density at radius 1 is 1.39 bits per heavy atom. The van der Waals surface area contributed by atoms with Gasteiger partial charge in [0.25, 0.3) is 0 Å². The first kappa shape index (κ1) is 13.2. The summed E-state index contributed by atoms with van der Waals surface area (Å²) in [4.78, 5) is 9.98. The standard InChI is InChI=1S/C13H19N3OS/c1-9(2)4-6-17-8-11-15-12(14-3)10-5-7-18-13(10)16-11/h5,7,9H,4,6,8H2,1-3H3,(H,14,15,16). The number of hydrogen-bond donors (Lipinski definition) is 1. The predicted molar refractivity (Wildman–Crippen MR) is 76.1 cm³/mol. The summed E-state index contributed by atoms with van der Waals surface area (Å²) in [5, 5.41) is 6.21. The van der Waals surface area contributed by atoms with Crippen molar-refractivity contribution in [2.45, 2.75) is 26.9 Å². The minimum atomic E-state index is 0.481. The Hall–Kier alpha value is -1.20. The molecule has 0 fully saturated rings. The number of hydrogen-bond acceptors (Lipinski definition) is 5. The van der Waals surface area contributed by atoms with Crippen LogP contribution >= 0.6 is 11.3 Å². The number of nitrogens with zero attached hydrogens (tertiary/aromatic N) is 2. The lowest BCUT2D eigenvalue weighted by Crippen LogP contribution is -2.04. The van der Waals surface area contributed by atoms with Gasteiger partial charge in [0.2, 0.25) is 0 Å². The van der Waals surface area contributed by atoms with E-state index >= 15 is 0 Å². The van der Waals surface area contributed by atoms with Gasteiger partial charge >= 0.3 is 0 Å². The molecule has 1 N–H and O–H groups in total. The van der Waals surface area contributed by atoms with E-state index in [4.69, 9.17) is 4.74 Å². The molecule has 0 aromatic carbocycles. The molecule has 4 nitrogen and oxygen atoms in total. The van der Waals surface area contributed by atoms with Crippen molar-refractivity contribution in [3.63, 3.8) is 0 Å². The Morgan fingerprint density at radius 3 is 2.94 bits per heavy atom. The Bertz CT molecular complexity index is 510. The van der Waals surface area contributed by atoms with E-state index in [1.165, 1.54) is 0 Å². The van der Waals surface area contributed by atoms with Crippen LogP contribution in [-0.4, -0.2) is 23.6 Å². The summed E-state index contributed by atoms with van der Waals surface area (Å²) in [7, 11) is 1.88. The molecule has 0 aliphatic heterocycles. The molecule has 0 aliphatic carbocycles. The van der Waals surface area contributed by atoms with Gasteiger partial charge in [-0.15, -0.1) is 11.3 Å². The first-order chi connectivity index (χ1) is 8.70. The Labute approximate surface area is 111 Å². The van der Waals surface area contributed by atoms with Gasteiger partial charge in [0.05, 0.1) is 5.39 Å². The molecular weight excluding hydrogens is 246 g/mol. The fraction of sp³-hybridized carbons (Fsp3) is 0.538. The zero-order valence-electron chi connectivity index (χ0n) is 11.1. The van der Waals surface area contributed by atoms with Gasteiger partial charge in [-0.1, -0.05) is 13.8 Å². The van der Waals surface area contributed by atoms with Crippen LogP contribution in [0.15, 0.2) is 11.4 Å². The lowest BCUT2D eigenvalue weighted by Gasteiger charge is -2.07. The molecule has 2 rings (SSSR count). The van der Waals surface area contributed by atoms with Gasteiger partial charge in [0.1, 0.15) is 17.3 Å². The van der Waals surface area contributed by atoms with Crippen molar-refractivity contribution in [1.82, 2.24) is 9.97 Å². The number of ether oxygens (including phenoxy) is 1. The second-order valence-electron chi connectivity index (χ2n) is 4.61. The second-order valence-corrected chi connectivity index (χ2v) is 5.51. The Balaban J connectivity index is 2.04. The quantitative estimate of drug-likeness (QED) is 0.814. The number of anilines is 1. The fourth-order valence-corrected chi connectivity index (χ4v) is 2.42. The number of thiophene rings is 1. The summed E-state index contributed by atoms with van der Waals surface area (Å²) in [5.41, 5.74) is 0. The minimum absolute atomic E-state index is 0.481. The van der Waals surface area contributed by atoms with Gasteiger partial charge in [-0.25, -0.2) is 9.97 Å². The summed E-state index contributed by atoms with van der Waals surface area (Å²) in [6.45, 7) is 5.63. The third-order valence-corrected chi connectivity index (χ3v) is 3.49. The first-order valence-corrected chi connectivity index (χ1v) is 7.08. The molecule has 2 heterocycles. The van der Waals surface area contributed by atoms with Crippen molar-refractivity contribution < 1.29 is 4.74 Å². The summed E-state index contributed by atoms with van der Waals surface area (Å²) >= 11 is 1.63. The molecule has 2 aromatic rings. The van der Waals surface area contributed by atoms with Gasteiger partial charge in [0.15, 0.2) is 5.82 Å². The zero-order valence-corrected chi connectivity index (χ0v) is 11.9. The van der Waals surface area contributed by atoms with Gasteiger partial charge in [-0.05, 0) is 23.8 Å². The van der Waals surface area contributed by atoms with Crippen molar-refractivity contribution >= 4 is 27.4 Å². The van der Waals surface area contributed by atoms with Crippen LogP contribution in [0.1, 0.15) is 26.1 Å². The van der Waals surface area contributed by atoms with Crippen LogP contribution in [0.25, 0.3) is 10.2 Å². The molecule has 2 aromatic heterocycles. The molecule has 98 valence electrons. The molecule has 0 saturated heterocycles. The van der Waals surface area contributed by atoms with Gasteiger partial charge in [-0.2, -0.15) is 0 Å². The highest BCUT2D eigenvalue weighted by atomic mass is 32.1. The highest BCUT2D eigenvalue weighted by Gasteiger charge is 2.07. The highest BCUT2D eigenvalue weighted by Crippen LogP contribution is 2.24. The van der Waals surface area contributed by atoms with Gasteiger partial charge in [-0.3, -0.25) is 0 Å². The third-order valence-electron chi connectivity index (χ3n) is 2.68. The molecular formula is C13H19N3OS. The first-order valence-electron chi connectivity index (χ1n) is 6.20. The number of rotatable bonds is 6. The van der Waals surface area contributed by atoms with E-state index in [0.29, 0.717) is 12.5 Å². The predicted octanol–water partition coefficient (Wildman–Crippen LogP) is 3.30. The average Bonchev–Trinajstić information content (AvgIpc) is 2.81. The van der Waals surface area contributed by atoms with Crippen LogP contribution < -0.4 is 5.32 Å². The molecule has 0 saturated carbocycles. The highest BCUT2D eigenvalue weighted by molar-refractivity contribution is 7.16. The molecule has 0 aliphatic rings. The van der Waals surface area contributed by atoms with Crippen LogP contribution in [0.4, 0.5) is 5.82 Å². The molecule has 5 heteroatoms. The maximum Gasteiger partial charge on any atom is 0.158 e. The molecule has 18 heavy (non-hydrogen) atoms. The summed E-state index contributed by atoms with van der Waals surface area (Å²) in [6, 6.07) is 2.04. The smallest absolute Gasteiger partial charge is 0.158 e. The van der Waals surface area contributed by atoms with Crippen molar-refractivity contribution in [2.24, 2.45) is 5.92 Å². The maximum absolute atomic E-state index is 5.61. The van der Waals surface area contributed by atoms with E-state index in [9.17, 15) is 0 Å². The van der Waals surface area contributed by atoms with Crippen molar-refractivity contribution in [3.05, 3.63) is 17.3 Å². The summed E-state index contributed by atoms with van der Waals surface area (Å²) < 4.78 is 5.61. The van der Waals surface area contributed by atoms with Crippen LogP contribution in [0.3, 0.4) is 0 Å². The Morgan fingerprint density at radius 2 is 2.22 bits per heavy atom. The van der Waals surface area contributed by atoms with E-state index in [2.05, 4.69) is 29.1 Å². The number of aromatic nitrogens is 2. The normalized spacial score (nSPS) is 11.3. The summed E-state index contributed by atoms with van der Waals surface area (Å²) in [5.74, 6) is 2.29. The van der Waals surface area contributed by atoms with Crippen molar-refractivity contribution in [2.75, 3.05) is 19.0 Å². The van der Waals surface area contributed by atoms with E-state index in [1.54, 1.807) is 11.3 Å². The topological polar surface area (TPSA) is 47.0 Å². The third kappa shape index (κ3) is 3.17. The van der Waals surface area contributed by atoms with Gasteiger partial charge < -0.3 is 10.1 Å². The van der Waals surface area contributed by atoms with Crippen LogP contribution in [0.5, 0.6) is 0 Å². The molecule has 0 amide bonds. The number of nitrogens with one attached hydrogen (secondary N) is 1. The minimum Gasteiger partial charge on any atom is -0.373 e. The SMILES string of the molecule is CNc1nc(COCCC(C)C)nc2sccc12. The van der Waals surface area contributed by atoms with E-state index in [1.807, 2.05) is 18.5 Å². The van der Waals surface area contributed by atoms with Crippen LogP contribution in [0, 0.1) is 5.92 Å². The monoisotopic (exact) mass is 265 g/mol. The molecule has 0 spiro atoms. The van der Waals surface area contributed by atoms with E-state index in [0.717, 1.165) is 34.9 Å². The Kier molecular flexibility index (Phi) is 4.49. The second kappa shape index (κ2) is 6.11. The maximum atomic E-state index is 5.61. The molecule has 0 bridgehead atoms. The average molecular weight is 265 g/mol. The molecule has 0 unspecified atom stereocenters. The lowest BCUT2D eigenvalue weighted by atomic mass is 10.1. The van der Waals surface area contributed by atoms with Crippen LogP contribution in [-0.2, 0) is 11.3 Å². The molecule has 0 atom stereocenters. The number of fused-ring (bicyclic) bond motifs is 1. The van der Waals surface area contributed by atoms with Crippen molar-refractivity contribution in [1.29, 1.82) is 0 Å². The summed E-state index contributed by atoms with van der Waals surface area (Å²) in [6.07, 6.45) is 1.07. The van der Waals surface area contributed by atoms with Gasteiger partial charge in [0, 0.05) is 13.7 Å². The van der Waals surface area contributed by atoms with Crippen molar-refractivity contribution in [3.8, 4) is 0 Å². The van der Waals surface area contributed by atoms with E-state index < -0.39 is 0 Å². The largest absolute Gasteiger partial charge is 0.373 e. The molecule has 0 radical (unpaired) electrons.